The second-order valence-electron chi connectivity index (χ2n) is 5.41. The quantitative estimate of drug-likeness (QED) is 0.620. The van der Waals surface area contributed by atoms with E-state index in [1.165, 1.54) is 12.1 Å². The molecule has 118 valence electrons. The zero-order valence-corrected chi connectivity index (χ0v) is 12.4. The van der Waals surface area contributed by atoms with Crippen LogP contribution < -0.4 is 4.90 Å². The molecule has 0 radical (unpaired) electrons. The third kappa shape index (κ3) is 3.66. The second kappa shape index (κ2) is 6.48. The highest BCUT2D eigenvalue weighted by molar-refractivity contribution is 5.89. The number of anilines is 1. The third-order valence-electron chi connectivity index (χ3n) is 3.65. The molecule has 23 heavy (non-hydrogen) atoms. The molecule has 2 aromatic rings. The van der Waals surface area contributed by atoms with Crippen molar-refractivity contribution >= 4 is 17.5 Å². The van der Waals surface area contributed by atoms with Crippen molar-refractivity contribution in [1.29, 1.82) is 0 Å². The normalized spacial score (nSPS) is 13.4. The lowest BCUT2D eigenvalue weighted by molar-refractivity contribution is -0.384. The maximum Gasteiger partial charge on any atom is 0.414 e. The van der Waals surface area contributed by atoms with Crippen LogP contribution in [0.3, 0.4) is 0 Å². The Balaban J connectivity index is 1.71. The molecule has 1 fully saturated rings. The molecule has 1 saturated carbocycles. The van der Waals surface area contributed by atoms with E-state index in [-0.39, 0.29) is 18.3 Å². The predicted octanol–water partition coefficient (Wildman–Crippen LogP) is 3.90. The molecule has 6 heteroatoms. The Kier molecular flexibility index (Phi) is 4.23. The number of rotatable bonds is 5. The summed E-state index contributed by atoms with van der Waals surface area (Å²) in [6.45, 7) is 0.204. The molecule has 3 rings (SSSR count). The van der Waals surface area contributed by atoms with Gasteiger partial charge < -0.3 is 4.74 Å². The number of nitro benzene ring substituents is 1. The number of hydrogen-bond donors (Lipinski definition) is 0. The molecule has 0 N–H and O–H groups in total. The average Bonchev–Trinajstić information content (AvgIpc) is 3.39. The van der Waals surface area contributed by atoms with Crippen LogP contribution in [0, 0.1) is 10.1 Å². The van der Waals surface area contributed by atoms with Crippen molar-refractivity contribution in [3.63, 3.8) is 0 Å². The van der Waals surface area contributed by atoms with Crippen LogP contribution in [-0.2, 0) is 11.3 Å². The van der Waals surface area contributed by atoms with Crippen molar-refractivity contribution < 1.29 is 14.5 Å². The Bertz CT molecular complexity index is 696. The summed E-state index contributed by atoms with van der Waals surface area (Å²) >= 11 is 0. The van der Waals surface area contributed by atoms with Gasteiger partial charge in [-0.05, 0) is 30.5 Å². The summed E-state index contributed by atoms with van der Waals surface area (Å²) in [6, 6.07) is 15.5. The van der Waals surface area contributed by atoms with Crippen molar-refractivity contribution in [2.45, 2.75) is 25.5 Å². The topological polar surface area (TPSA) is 72.7 Å². The fourth-order valence-corrected chi connectivity index (χ4v) is 2.32. The molecule has 0 bridgehead atoms. The van der Waals surface area contributed by atoms with Crippen molar-refractivity contribution in [1.82, 2.24) is 0 Å². The smallest absolute Gasteiger partial charge is 0.414 e. The van der Waals surface area contributed by atoms with Gasteiger partial charge in [0.15, 0.2) is 0 Å². The van der Waals surface area contributed by atoms with Crippen molar-refractivity contribution in [3.8, 4) is 0 Å². The minimum Gasteiger partial charge on any atom is -0.444 e. The highest BCUT2D eigenvalue weighted by Gasteiger charge is 2.35. The summed E-state index contributed by atoms with van der Waals surface area (Å²) in [5, 5.41) is 10.7. The maximum absolute atomic E-state index is 12.4. The molecule has 6 nitrogen and oxygen atoms in total. The molecule has 0 aromatic heterocycles. The zero-order valence-electron chi connectivity index (χ0n) is 12.4. The summed E-state index contributed by atoms with van der Waals surface area (Å²) in [5.41, 5.74) is 1.54. The van der Waals surface area contributed by atoms with E-state index in [9.17, 15) is 14.9 Å². The Labute approximate surface area is 133 Å². The van der Waals surface area contributed by atoms with Gasteiger partial charge in [0.25, 0.3) is 5.69 Å². The van der Waals surface area contributed by atoms with Crippen LogP contribution in [-0.4, -0.2) is 17.1 Å². The number of nitro groups is 1. The van der Waals surface area contributed by atoms with E-state index < -0.39 is 11.0 Å². The number of non-ortho nitro benzene ring substituents is 1. The standard InChI is InChI=1S/C17H16N2O4/c20-17(23-12-13-4-2-1-3-5-13)18(14-6-7-14)15-8-10-16(11-9-15)19(21)22/h1-5,8-11,14H,6-7,12H2. The van der Waals surface area contributed by atoms with E-state index in [1.807, 2.05) is 30.3 Å². The van der Waals surface area contributed by atoms with Crippen LogP contribution in [0.25, 0.3) is 0 Å². The van der Waals surface area contributed by atoms with Gasteiger partial charge in [0.2, 0.25) is 0 Å². The minimum atomic E-state index is -0.459. The largest absolute Gasteiger partial charge is 0.444 e. The molecule has 2 aromatic carbocycles. The fraction of sp³-hybridized carbons (Fsp3) is 0.235. The van der Waals surface area contributed by atoms with E-state index in [2.05, 4.69) is 0 Å². The first-order valence-electron chi connectivity index (χ1n) is 7.39. The molecule has 0 unspecified atom stereocenters. The molecular formula is C17H16N2O4. The fourth-order valence-electron chi connectivity index (χ4n) is 2.32. The van der Waals surface area contributed by atoms with Gasteiger partial charge in [-0.15, -0.1) is 0 Å². The summed E-state index contributed by atoms with van der Waals surface area (Å²) in [6.07, 6.45) is 1.40. The van der Waals surface area contributed by atoms with E-state index in [0.29, 0.717) is 5.69 Å². The molecule has 0 aliphatic heterocycles. The first-order valence-corrected chi connectivity index (χ1v) is 7.39. The van der Waals surface area contributed by atoms with Crippen molar-refractivity contribution in [3.05, 3.63) is 70.3 Å². The molecule has 0 saturated heterocycles. The monoisotopic (exact) mass is 312 g/mol. The van der Waals surface area contributed by atoms with E-state index in [4.69, 9.17) is 4.74 Å². The molecule has 0 spiro atoms. The Morgan fingerprint density at radius 1 is 1.13 bits per heavy atom. The summed E-state index contributed by atoms with van der Waals surface area (Å²) in [5.74, 6) is 0. The summed E-state index contributed by atoms with van der Waals surface area (Å²) in [4.78, 5) is 24.2. The highest BCUT2D eigenvalue weighted by Crippen LogP contribution is 2.33. The Hall–Kier alpha value is -2.89. The first-order chi connectivity index (χ1) is 11.1. The van der Waals surface area contributed by atoms with Crippen molar-refractivity contribution in [2.75, 3.05) is 4.90 Å². The van der Waals surface area contributed by atoms with Crippen LogP contribution in [0.5, 0.6) is 0 Å². The molecule has 0 heterocycles. The van der Waals surface area contributed by atoms with Gasteiger partial charge in [0, 0.05) is 23.9 Å². The third-order valence-corrected chi connectivity index (χ3v) is 3.65. The van der Waals surface area contributed by atoms with Crippen LogP contribution in [0.1, 0.15) is 18.4 Å². The van der Waals surface area contributed by atoms with Crippen LogP contribution in [0.15, 0.2) is 54.6 Å². The van der Waals surface area contributed by atoms with Gasteiger partial charge in [-0.25, -0.2) is 4.79 Å². The Morgan fingerprint density at radius 2 is 1.78 bits per heavy atom. The predicted molar refractivity (Wildman–Crippen MR) is 85.2 cm³/mol. The van der Waals surface area contributed by atoms with Gasteiger partial charge in [0.1, 0.15) is 6.61 Å². The molecule has 1 amide bonds. The van der Waals surface area contributed by atoms with Gasteiger partial charge in [-0.2, -0.15) is 0 Å². The Morgan fingerprint density at radius 3 is 2.35 bits per heavy atom. The molecule has 1 aliphatic rings. The number of carbonyl (C=O) groups excluding carboxylic acids is 1. The van der Waals surface area contributed by atoms with E-state index in [1.54, 1.807) is 17.0 Å². The number of ether oxygens (including phenoxy) is 1. The number of hydrogen-bond acceptors (Lipinski definition) is 4. The van der Waals surface area contributed by atoms with Crippen molar-refractivity contribution in [2.24, 2.45) is 0 Å². The second-order valence-corrected chi connectivity index (χ2v) is 5.41. The lowest BCUT2D eigenvalue weighted by Crippen LogP contribution is -2.33. The molecule has 0 atom stereocenters. The lowest BCUT2D eigenvalue weighted by atomic mass is 10.2. The number of carbonyl (C=O) groups is 1. The molecular weight excluding hydrogens is 296 g/mol. The van der Waals surface area contributed by atoms with Crippen LogP contribution in [0.4, 0.5) is 16.2 Å². The molecule has 1 aliphatic carbocycles. The first kappa shape index (κ1) is 15.0. The van der Waals surface area contributed by atoms with Crippen LogP contribution in [0.2, 0.25) is 0 Å². The van der Waals surface area contributed by atoms with Gasteiger partial charge >= 0.3 is 6.09 Å². The highest BCUT2D eigenvalue weighted by atomic mass is 16.6. The van der Waals surface area contributed by atoms with Gasteiger partial charge in [-0.3, -0.25) is 15.0 Å². The van der Waals surface area contributed by atoms with E-state index >= 15 is 0 Å². The van der Waals surface area contributed by atoms with Gasteiger partial charge in [-0.1, -0.05) is 30.3 Å². The SMILES string of the molecule is O=C(OCc1ccccc1)N(c1ccc([N+](=O)[O-])cc1)C1CC1. The summed E-state index contributed by atoms with van der Waals surface area (Å²) in [7, 11) is 0. The average molecular weight is 312 g/mol. The lowest BCUT2D eigenvalue weighted by Gasteiger charge is -2.21. The number of benzene rings is 2. The summed E-state index contributed by atoms with van der Waals surface area (Å²) < 4.78 is 5.38. The number of amides is 1. The van der Waals surface area contributed by atoms with Crippen LogP contribution >= 0.6 is 0 Å². The maximum atomic E-state index is 12.4. The van der Waals surface area contributed by atoms with Gasteiger partial charge in [0.05, 0.1) is 4.92 Å². The van der Waals surface area contributed by atoms with E-state index in [0.717, 1.165) is 18.4 Å². The number of nitrogens with zero attached hydrogens (tertiary/aromatic N) is 2. The zero-order chi connectivity index (χ0) is 16.2. The minimum absolute atomic E-state index is 0.00199.